The molecule has 1 aromatic heterocycles. The van der Waals surface area contributed by atoms with Gasteiger partial charge in [0.1, 0.15) is 0 Å². The SMILES string of the molecule is CCC(C1CCCCC1)n1nnc2c1CCNC2. The van der Waals surface area contributed by atoms with Crippen molar-refractivity contribution in [2.75, 3.05) is 6.54 Å². The van der Waals surface area contributed by atoms with E-state index in [0.29, 0.717) is 6.04 Å². The van der Waals surface area contributed by atoms with Gasteiger partial charge in [-0.25, -0.2) is 4.68 Å². The zero-order chi connectivity index (χ0) is 12.4. The average Bonchev–Trinajstić information content (AvgIpc) is 2.85. The van der Waals surface area contributed by atoms with E-state index in [-0.39, 0.29) is 0 Å². The molecule has 4 heteroatoms. The molecule has 1 aliphatic carbocycles. The molecule has 0 aromatic carbocycles. The Bertz CT molecular complexity index is 392. The van der Waals surface area contributed by atoms with Gasteiger partial charge in [0.15, 0.2) is 0 Å². The molecule has 0 amide bonds. The highest BCUT2D eigenvalue weighted by Crippen LogP contribution is 2.35. The zero-order valence-electron chi connectivity index (χ0n) is 11.4. The molecule has 100 valence electrons. The van der Waals surface area contributed by atoms with Gasteiger partial charge >= 0.3 is 0 Å². The molecule has 2 aliphatic rings. The topological polar surface area (TPSA) is 42.7 Å². The molecule has 0 radical (unpaired) electrons. The van der Waals surface area contributed by atoms with E-state index >= 15 is 0 Å². The van der Waals surface area contributed by atoms with Gasteiger partial charge in [-0.05, 0) is 25.2 Å². The summed E-state index contributed by atoms with van der Waals surface area (Å²) in [5.41, 5.74) is 2.57. The Morgan fingerprint density at radius 2 is 2.17 bits per heavy atom. The van der Waals surface area contributed by atoms with E-state index in [0.717, 1.165) is 25.4 Å². The molecule has 2 heterocycles. The summed E-state index contributed by atoms with van der Waals surface area (Å²) in [5, 5.41) is 12.2. The lowest BCUT2D eigenvalue weighted by Crippen LogP contribution is -2.28. The maximum absolute atomic E-state index is 4.47. The summed E-state index contributed by atoms with van der Waals surface area (Å²) in [6, 6.07) is 0.583. The molecule has 4 nitrogen and oxygen atoms in total. The van der Waals surface area contributed by atoms with E-state index in [1.807, 2.05) is 0 Å². The molecule has 3 rings (SSSR count). The van der Waals surface area contributed by atoms with Crippen LogP contribution in [0.1, 0.15) is 62.9 Å². The second-order valence-electron chi connectivity index (χ2n) is 5.73. The van der Waals surface area contributed by atoms with Gasteiger partial charge in [0.25, 0.3) is 0 Å². The molecule has 1 unspecified atom stereocenters. The van der Waals surface area contributed by atoms with Crippen molar-refractivity contribution in [3.63, 3.8) is 0 Å². The van der Waals surface area contributed by atoms with Crippen LogP contribution >= 0.6 is 0 Å². The van der Waals surface area contributed by atoms with Crippen LogP contribution in [0.15, 0.2) is 0 Å². The van der Waals surface area contributed by atoms with Crippen LogP contribution in [0.5, 0.6) is 0 Å². The first-order valence-corrected chi connectivity index (χ1v) is 7.53. The lowest BCUT2D eigenvalue weighted by molar-refractivity contribution is 0.222. The van der Waals surface area contributed by atoms with Gasteiger partial charge in [-0.2, -0.15) is 0 Å². The van der Waals surface area contributed by atoms with Crippen LogP contribution in [-0.4, -0.2) is 21.5 Å². The highest BCUT2D eigenvalue weighted by Gasteiger charge is 2.28. The summed E-state index contributed by atoms with van der Waals surface area (Å²) in [7, 11) is 0. The van der Waals surface area contributed by atoms with E-state index in [9.17, 15) is 0 Å². The predicted molar refractivity (Wildman–Crippen MR) is 71.3 cm³/mol. The Kier molecular flexibility index (Phi) is 3.64. The summed E-state index contributed by atoms with van der Waals surface area (Å²) < 4.78 is 2.27. The molecule has 0 spiro atoms. The molecule has 1 N–H and O–H groups in total. The largest absolute Gasteiger partial charge is 0.311 e. The van der Waals surface area contributed by atoms with Crippen LogP contribution in [0.2, 0.25) is 0 Å². The summed E-state index contributed by atoms with van der Waals surface area (Å²) in [5.74, 6) is 0.824. The molecule has 1 saturated carbocycles. The van der Waals surface area contributed by atoms with Crippen LogP contribution in [0.4, 0.5) is 0 Å². The molecule has 0 bridgehead atoms. The lowest BCUT2D eigenvalue weighted by atomic mass is 9.83. The Morgan fingerprint density at radius 3 is 2.94 bits per heavy atom. The van der Waals surface area contributed by atoms with E-state index < -0.39 is 0 Å². The van der Waals surface area contributed by atoms with E-state index in [1.54, 1.807) is 0 Å². The monoisotopic (exact) mass is 248 g/mol. The fourth-order valence-corrected chi connectivity index (χ4v) is 3.65. The molecular weight excluding hydrogens is 224 g/mol. The van der Waals surface area contributed by atoms with Crippen molar-refractivity contribution < 1.29 is 0 Å². The van der Waals surface area contributed by atoms with Crippen molar-refractivity contribution >= 4 is 0 Å². The molecule has 1 atom stereocenters. The quantitative estimate of drug-likeness (QED) is 0.893. The van der Waals surface area contributed by atoms with Crippen molar-refractivity contribution in [2.24, 2.45) is 5.92 Å². The fourth-order valence-electron chi connectivity index (χ4n) is 3.65. The summed E-state index contributed by atoms with van der Waals surface area (Å²) in [6.07, 6.45) is 9.27. The second kappa shape index (κ2) is 5.39. The average molecular weight is 248 g/mol. The van der Waals surface area contributed by atoms with Gasteiger partial charge in [0, 0.05) is 19.5 Å². The Morgan fingerprint density at radius 1 is 1.33 bits per heavy atom. The van der Waals surface area contributed by atoms with Crippen LogP contribution < -0.4 is 5.32 Å². The van der Waals surface area contributed by atoms with E-state index in [2.05, 4.69) is 27.2 Å². The Balaban J connectivity index is 1.84. The number of aromatic nitrogens is 3. The summed E-state index contributed by atoms with van der Waals surface area (Å²) >= 11 is 0. The van der Waals surface area contributed by atoms with Gasteiger partial charge in [-0.15, -0.1) is 5.10 Å². The maximum Gasteiger partial charge on any atom is 0.0997 e. The van der Waals surface area contributed by atoms with E-state index in [4.69, 9.17) is 0 Å². The minimum atomic E-state index is 0.583. The third-order valence-corrected chi connectivity index (χ3v) is 4.63. The zero-order valence-corrected chi connectivity index (χ0v) is 11.4. The summed E-state index contributed by atoms with van der Waals surface area (Å²) in [6.45, 7) is 4.27. The number of fused-ring (bicyclic) bond motifs is 1. The number of hydrogen-bond acceptors (Lipinski definition) is 3. The number of nitrogens with one attached hydrogen (secondary N) is 1. The highest BCUT2D eigenvalue weighted by molar-refractivity contribution is 5.14. The smallest absolute Gasteiger partial charge is 0.0997 e. The fraction of sp³-hybridized carbons (Fsp3) is 0.857. The van der Waals surface area contributed by atoms with Gasteiger partial charge < -0.3 is 5.32 Å². The van der Waals surface area contributed by atoms with Crippen molar-refractivity contribution in [1.82, 2.24) is 20.3 Å². The summed E-state index contributed by atoms with van der Waals surface area (Å²) in [4.78, 5) is 0. The van der Waals surface area contributed by atoms with E-state index in [1.165, 1.54) is 49.9 Å². The maximum atomic E-state index is 4.47. The minimum absolute atomic E-state index is 0.583. The third-order valence-electron chi connectivity index (χ3n) is 4.63. The van der Waals surface area contributed by atoms with Crippen LogP contribution in [0.3, 0.4) is 0 Å². The third kappa shape index (κ3) is 2.18. The van der Waals surface area contributed by atoms with Crippen LogP contribution in [0.25, 0.3) is 0 Å². The first-order valence-electron chi connectivity index (χ1n) is 7.53. The number of rotatable bonds is 3. The number of hydrogen-bond donors (Lipinski definition) is 1. The lowest BCUT2D eigenvalue weighted by Gasteiger charge is -2.31. The molecule has 1 aliphatic heterocycles. The number of nitrogens with zero attached hydrogens (tertiary/aromatic N) is 3. The van der Waals surface area contributed by atoms with Crippen molar-refractivity contribution in [3.05, 3.63) is 11.4 Å². The first-order chi connectivity index (χ1) is 8.90. The second-order valence-corrected chi connectivity index (χ2v) is 5.73. The molecular formula is C14H24N4. The molecule has 1 aromatic rings. The van der Waals surface area contributed by atoms with Gasteiger partial charge in [-0.3, -0.25) is 0 Å². The molecule has 18 heavy (non-hydrogen) atoms. The van der Waals surface area contributed by atoms with Crippen molar-refractivity contribution in [3.8, 4) is 0 Å². The van der Waals surface area contributed by atoms with Gasteiger partial charge in [0.05, 0.1) is 17.4 Å². The van der Waals surface area contributed by atoms with Gasteiger partial charge in [0.2, 0.25) is 0 Å². The predicted octanol–water partition coefficient (Wildman–Crippen LogP) is 2.46. The molecule has 1 fully saturated rings. The molecule has 0 saturated heterocycles. The minimum Gasteiger partial charge on any atom is -0.311 e. The standard InChI is InChI=1S/C14H24N4/c1-2-13(11-6-4-3-5-7-11)18-14-8-9-15-10-12(14)16-17-18/h11,13,15H,2-10H2,1H3. The highest BCUT2D eigenvalue weighted by atomic mass is 15.4. The first kappa shape index (κ1) is 12.2. The normalized spacial score (nSPS) is 22.7. The van der Waals surface area contributed by atoms with Crippen LogP contribution in [-0.2, 0) is 13.0 Å². The Labute approximate surface area is 109 Å². The van der Waals surface area contributed by atoms with Crippen molar-refractivity contribution in [1.29, 1.82) is 0 Å². The van der Waals surface area contributed by atoms with Crippen molar-refractivity contribution in [2.45, 2.75) is 64.5 Å². The Hall–Kier alpha value is -0.900. The van der Waals surface area contributed by atoms with Crippen LogP contribution in [0, 0.1) is 5.92 Å². The van der Waals surface area contributed by atoms with Gasteiger partial charge in [-0.1, -0.05) is 31.4 Å².